The van der Waals surface area contributed by atoms with E-state index in [4.69, 9.17) is 19.7 Å². The maximum Gasteiger partial charge on any atom is 0.503 e. The van der Waals surface area contributed by atoms with Crippen LogP contribution in [0.2, 0.25) is 0 Å². The lowest BCUT2D eigenvalue weighted by atomic mass is 10.1. The van der Waals surface area contributed by atoms with Crippen molar-refractivity contribution in [3.05, 3.63) is 59.7 Å². The van der Waals surface area contributed by atoms with Gasteiger partial charge in [-0.1, -0.05) is 43.7 Å². The van der Waals surface area contributed by atoms with Crippen molar-refractivity contribution in [2.75, 3.05) is 0 Å². The molecule has 0 fully saturated rings. The number of aromatic hydroxyl groups is 1. The number of phenols is 1. The van der Waals surface area contributed by atoms with Gasteiger partial charge in [0.1, 0.15) is 17.1 Å². The van der Waals surface area contributed by atoms with Crippen molar-refractivity contribution in [2.45, 2.75) is 19.8 Å². The molecule has 0 bridgehead atoms. The van der Waals surface area contributed by atoms with Gasteiger partial charge in [-0.25, -0.2) is 9.59 Å². The standard InChI is InChI=1S/C16H16O3.CH2O3/c1-2-7-12-8-3-6-11-15(12)19-16(18)13-9-4-5-10-14(13)17;2-1(3)4/h3-6,8-11,17H,2,7H2,1H3;(H2,2,3,4). The van der Waals surface area contributed by atoms with Crippen LogP contribution in [0.25, 0.3) is 0 Å². The van der Waals surface area contributed by atoms with Gasteiger partial charge in [-0.3, -0.25) is 0 Å². The minimum atomic E-state index is -1.83. The van der Waals surface area contributed by atoms with E-state index in [1.54, 1.807) is 24.3 Å². The van der Waals surface area contributed by atoms with Gasteiger partial charge in [-0.15, -0.1) is 0 Å². The highest BCUT2D eigenvalue weighted by Crippen LogP contribution is 2.23. The Hall–Kier alpha value is -3.02. The number of carbonyl (C=O) groups is 2. The molecule has 0 aliphatic rings. The number of ether oxygens (including phenoxy) is 1. The van der Waals surface area contributed by atoms with Gasteiger partial charge in [-0.05, 0) is 30.2 Å². The van der Waals surface area contributed by atoms with Gasteiger partial charge in [0.2, 0.25) is 0 Å². The molecule has 0 saturated heterocycles. The Morgan fingerprint density at radius 1 is 1.00 bits per heavy atom. The van der Waals surface area contributed by atoms with Crippen LogP contribution >= 0.6 is 0 Å². The van der Waals surface area contributed by atoms with Gasteiger partial charge in [0, 0.05) is 0 Å². The first-order valence-corrected chi connectivity index (χ1v) is 6.95. The number of carboxylic acid groups (broad SMARTS) is 2. The zero-order chi connectivity index (χ0) is 17.2. The molecule has 0 saturated carbocycles. The summed E-state index contributed by atoms with van der Waals surface area (Å²) in [4.78, 5) is 20.6. The highest BCUT2D eigenvalue weighted by atomic mass is 16.6. The van der Waals surface area contributed by atoms with Crippen molar-refractivity contribution in [3.8, 4) is 11.5 Å². The Morgan fingerprint density at radius 2 is 1.57 bits per heavy atom. The maximum atomic E-state index is 12.0. The van der Waals surface area contributed by atoms with Crippen molar-refractivity contribution in [3.63, 3.8) is 0 Å². The third kappa shape index (κ3) is 6.09. The molecule has 3 N–H and O–H groups in total. The minimum Gasteiger partial charge on any atom is -0.507 e. The number of carbonyl (C=O) groups excluding carboxylic acids is 1. The van der Waals surface area contributed by atoms with Crippen molar-refractivity contribution < 1.29 is 29.6 Å². The summed E-state index contributed by atoms with van der Waals surface area (Å²) in [6.45, 7) is 2.07. The van der Waals surface area contributed by atoms with Gasteiger partial charge < -0.3 is 20.1 Å². The fourth-order valence-electron chi connectivity index (χ4n) is 1.88. The van der Waals surface area contributed by atoms with E-state index in [-0.39, 0.29) is 11.3 Å². The summed E-state index contributed by atoms with van der Waals surface area (Å²) < 4.78 is 5.37. The molecule has 0 radical (unpaired) electrons. The molecular formula is C17H18O6. The SMILES string of the molecule is CCCc1ccccc1OC(=O)c1ccccc1O.O=C(O)O. The molecule has 6 nitrogen and oxygen atoms in total. The third-order valence-electron chi connectivity index (χ3n) is 2.82. The molecule has 0 atom stereocenters. The average molecular weight is 318 g/mol. The van der Waals surface area contributed by atoms with Gasteiger partial charge in [0.25, 0.3) is 0 Å². The second kappa shape index (κ2) is 9.09. The fourth-order valence-corrected chi connectivity index (χ4v) is 1.88. The predicted molar refractivity (Wildman–Crippen MR) is 84.2 cm³/mol. The highest BCUT2D eigenvalue weighted by molar-refractivity contribution is 5.93. The average Bonchev–Trinajstić information content (AvgIpc) is 2.49. The van der Waals surface area contributed by atoms with E-state index in [2.05, 4.69) is 6.92 Å². The molecule has 0 unspecified atom stereocenters. The van der Waals surface area contributed by atoms with Crippen LogP contribution in [0, 0.1) is 0 Å². The smallest absolute Gasteiger partial charge is 0.503 e. The van der Waals surface area contributed by atoms with Crippen LogP contribution in [0.3, 0.4) is 0 Å². The molecule has 0 spiro atoms. The molecular weight excluding hydrogens is 300 g/mol. The van der Waals surface area contributed by atoms with E-state index < -0.39 is 12.1 Å². The summed E-state index contributed by atoms with van der Waals surface area (Å²) in [5, 5.41) is 23.6. The summed E-state index contributed by atoms with van der Waals surface area (Å²) in [7, 11) is 0. The number of benzene rings is 2. The van der Waals surface area contributed by atoms with Crippen LogP contribution < -0.4 is 4.74 Å². The molecule has 2 rings (SSSR count). The lowest BCUT2D eigenvalue weighted by molar-refractivity contribution is 0.0729. The highest BCUT2D eigenvalue weighted by Gasteiger charge is 2.14. The fraction of sp³-hybridized carbons (Fsp3) is 0.176. The first-order valence-electron chi connectivity index (χ1n) is 6.95. The number of phenolic OH excluding ortho intramolecular Hbond substituents is 1. The largest absolute Gasteiger partial charge is 0.507 e. The Labute approximate surface area is 133 Å². The zero-order valence-corrected chi connectivity index (χ0v) is 12.6. The lowest BCUT2D eigenvalue weighted by Gasteiger charge is -2.09. The van der Waals surface area contributed by atoms with E-state index in [0.29, 0.717) is 5.75 Å². The molecule has 6 heteroatoms. The summed E-state index contributed by atoms with van der Waals surface area (Å²) in [5.74, 6) is -0.0558. The first kappa shape index (κ1) is 18.0. The number of hydrogen-bond acceptors (Lipinski definition) is 4. The molecule has 23 heavy (non-hydrogen) atoms. The maximum absolute atomic E-state index is 12.0. The quantitative estimate of drug-likeness (QED) is 0.585. The third-order valence-corrected chi connectivity index (χ3v) is 2.82. The number of para-hydroxylation sites is 2. The number of hydrogen-bond donors (Lipinski definition) is 3. The van der Waals surface area contributed by atoms with Gasteiger partial charge in [0.05, 0.1) is 0 Å². The van der Waals surface area contributed by atoms with E-state index in [0.717, 1.165) is 18.4 Å². The van der Waals surface area contributed by atoms with Crippen molar-refractivity contribution >= 4 is 12.1 Å². The molecule has 0 aliphatic carbocycles. The zero-order valence-electron chi connectivity index (χ0n) is 12.6. The Morgan fingerprint density at radius 3 is 2.17 bits per heavy atom. The topological polar surface area (TPSA) is 104 Å². The summed E-state index contributed by atoms with van der Waals surface area (Å²) >= 11 is 0. The molecule has 122 valence electrons. The van der Waals surface area contributed by atoms with Crippen molar-refractivity contribution in [1.29, 1.82) is 0 Å². The molecule has 0 amide bonds. The van der Waals surface area contributed by atoms with Crippen LogP contribution in [0.4, 0.5) is 4.79 Å². The van der Waals surface area contributed by atoms with Crippen molar-refractivity contribution in [2.24, 2.45) is 0 Å². The van der Waals surface area contributed by atoms with E-state index >= 15 is 0 Å². The second-order valence-electron chi connectivity index (χ2n) is 4.55. The van der Waals surface area contributed by atoms with Crippen LogP contribution in [0.15, 0.2) is 48.5 Å². The normalized spacial score (nSPS) is 9.43. The first-order chi connectivity index (χ1) is 11.0. The lowest BCUT2D eigenvalue weighted by Crippen LogP contribution is -2.10. The molecule has 0 aliphatic heterocycles. The monoisotopic (exact) mass is 318 g/mol. The van der Waals surface area contributed by atoms with Gasteiger partial charge in [0.15, 0.2) is 0 Å². The Kier molecular flexibility index (Phi) is 7.13. The summed E-state index contributed by atoms with van der Waals surface area (Å²) in [6.07, 6.45) is -0.00459. The van der Waals surface area contributed by atoms with Crippen molar-refractivity contribution in [1.82, 2.24) is 0 Å². The molecule has 2 aromatic rings. The second-order valence-corrected chi connectivity index (χ2v) is 4.55. The van der Waals surface area contributed by atoms with E-state index in [1.165, 1.54) is 6.07 Å². The summed E-state index contributed by atoms with van der Waals surface area (Å²) in [5.41, 5.74) is 1.17. The Balaban J connectivity index is 0.000000593. The Bertz CT molecular complexity index is 662. The number of rotatable bonds is 4. The van der Waals surface area contributed by atoms with E-state index in [1.807, 2.05) is 18.2 Å². The van der Waals surface area contributed by atoms with Gasteiger partial charge in [-0.2, -0.15) is 0 Å². The molecule has 2 aromatic carbocycles. The van der Waals surface area contributed by atoms with Crippen LogP contribution in [0.1, 0.15) is 29.3 Å². The minimum absolute atomic E-state index is 0.0690. The van der Waals surface area contributed by atoms with Crippen LogP contribution in [-0.4, -0.2) is 27.4 Å². The van der Waals surface area contributed by atoms with E-state index in [9.17, 15) is 9.90 Å². The predicted octanol–water partition coefficient (Wildman–Crippen LogP) is 3.79. The summed E-state index contributed by atoms with van der Waals surface area (Å²) in [6, 6.07) is 13.8. The van der Waals surface area contributed by atoms with Crippen LogP contribution in [0.5, 0.6) is 11.5 Å². The molecule has 0 aromatic heterocycles. The van der Waals surface area contributed by atoms with Crippen LogP contribution in [-0.2, 0) is 6.42 Å². The number of esters is 1. The molecule has 0 heterocycles. The number of aryl methyl sites for hydroxylation is 1. The van der Waals surface area contributed by atoms with Gasteiger partial charge >= 0.3 is 12.1 Å².